The predicted octanol–water partition coefficient (Wildman–Crippen LogP) is 0.202. The molecule has 1 aliphatic heterocycles. The Kier molecular flexibility index (Phi) is 3.33. The van der Waals surface area contributed by atoms with Crippen LogP contribution in [0.15, 0.2) is 0 Å². The van der Waals surface area contributed by atoms with E-state index < -0.39 is 0 Å². The van der Waals surface area contributed by atoms with Gasteiger partial charge in [-0.1, -0.05) is 15.9 Å². The molecule has 0 aromatic heterocycles. The van der Waals surface area contributed by atoms with Crippen molar-refractivity contribution in [2.24, 2.45) is 0 Å². The fourth-order valence-electron chi connectivity index (χ4n) is 1.18. The molecule has 3 nitrogen and oxygen atoms in total. The highest BCUT2D eigenvalue weighted by Crippen LogP contribution is 2.03. The second-order valence-electron chi connectivity index (χ2n) is 2.92. The summed E-state index contributed by atoms with van der Waals surface area (Å²) in [6, 6.07) is 0.395. The summed E-state index contributed by atoms with van der Waals surface area (Å²) in [7, 11) is 2.05. The molecule has 0 aromatic carbocycles. The maximum Gasteiger partial charge on any atom is 0.221 e. The number of hydrogen-bond donors (Lipinski definition) is 1. The third-order valence-corrected chi connectivity index (χ3v) is 2.15. The molecule has 1 saturated heterocycles. The van der Waals surface area contributed by atoms with E-state index in [1.807, 2.05) is 7.05 Å². The number of hydrogen-bond acceptors (Lipinski definition) is 2. The molecule has 0 saturated carbocycles. The average Bonchev–Trinajstić information content (AvgIpc) is 1.85. The smallest absolute Gasteiger partial charge is 0.221 e. The summed E-state index contributed by atoms with van der Waals surface area (Å²) in [5.41, 5.74) is 0. The summed E-state index contributed by atoms with van der Waals surface area (Å²) < 4.78 is 0. The molecule has 0 aliphatic carbocycles. The quantitative estimate of drug-likeness (QED) is 0.690. The highest BCUT2D eigenvalue weighted by molar-refractivity contribution is 9.09. The van der Waals surface area contributed by atoms with Crippen LogP contribution in [0.5, 0.6) is 0 Å². The third-order valence-electron chi connectivity index (χ3n) is 1.75. The van der Waals surface area contributed by atoms with Gasteiger partial charge in [-0.25, -0.2) is 0 Å². The molecule has 1 aliphatic rings. The SMILES string of the molecule is CN1CC(NC(=O)CCBr)C1. The van der Waals surface area contributed by atoms with E-state index in [4.69, 9.17) is 0 Å². The number of likely N-dealkylation sites (N-methyl/N-ethyl adjacent to an activating group) is 1. The number of nitrogens with zero attached hydrogens (tertiary/aromatic N) is 1. The van der Waals surface area contributed by atoms with Gasteiger partial charge < -0.3 is 10.2 Å². The largest absolute Gasteiger partial charge is 0.351 e. The molecule has 1 heterocycles. The standard InChI is InChI=1S/C7H13BrN2O/c1-10-4-6(5-10)9-7(11)2-3-8/h6H,2-5H2,1H3,(H,9,11). The van der Waals surface area contributed by atoms with E-state index >= 15 is 0 Å². The lowest BCUT2D eigenvalue weighted by atomic mass is 10.1. The Labute approximate surface area is 75.3 Å². The maximum absolute atomic E-state index is 11.0. The van der Waals surface area contributed by atoms with Gasteiger partial charge in [0.2, 0.25) is 5.91 Å². The fraction of sp³-hybridized carbons (Fsp3) is 0.857. The molecule has 0 aromatic rings. The summed E-state index contributed by atoms with van der Waals surface area (Å²) in [5, 5.41) is 3.69. The van der Waals surface area contributed by atoms with Gasteiger partial charge in [-0.2, -0.15) is 0 Å². The Hall–Kier alpha value is -0.0900. The minimum Gasteiger partial charge on any atom is -0.351 e. The first-order valence-corrected chi connectivity index (χ1v) is 4.88. The van der Waals surface area contributed by atoms with E-state index in [-0.39, 0.29) is 5.91 Å². The predicted molar refractivity (Wildman–Crippen MR) is 47.8 cm³/mol. The van der Waals surface area contributed by atoms with Crippen LogP contribution >= 0.6 is 15.9 Å². The first-order valence-electron chi connectivity index (χ1n) is 3.76. The number of carbonyl (C=O) groups is 1. The third kappa shape index (κ3) is 2.79. The number of nitrogens with one attached hydrogen (secondary N) is 1. The minimum absolute atomic E-state index is 0.153. The van der Waals surface area contributed by atoms with Crippen molar-refractivity contribution in [3.63, 3.8) is 0 Å². The van der Waals surface area contributed by atoms with Crippen molar-refractivity contribution in [3.8, 4) is 0 Å². The number of halogens is 1. The minimum atomic E-state index is 0.153. The van der Waals surface area contributed by atoms with Crippen LogP contribution in [0.4, 0.5) is 0 Å². The lowest BCUT2D eigenvalue weighted by Crippen LogP contribution is -2.57. The van der Waals surface area contributed by atoms with Crippen LogP contribution in [0.1, 0.15) is 6.42 Å². The molecule has 64 valence electrons. The number of amides is 1. The van der Waals surface area contributed by atoms with Gasteiger partial charge in [0.05, 0.1) is 6.04 Å². The van der Waals surface area contributed by atoms with Gasteiger partial charge in [-0.15, -0.1) is 0 Å². The Balaban J connectivity index is 2.07. The second kappa shape index (κ2) is 4.07. The number of alkyl halides is 1. The van der Waals surface area contributed by atoms with Crippen molar-refractivity contribution < 1.29 is 4.79 Å². The van der Waals surface area contributed by atoms with Gasteiger partial charge in [0.15, 0.2) is 0 Å². The normalized spacial score (nSPS) is 19.5. The van der Waals surface area contributed by atoms with Crippen LogP contribution in [-0.2, 0) is 4.79 Å². The maximum atomic E-state index is 11.0. The van der Waals surface area contributed by atoms with E-state index in [1.165, 1.54) is 0 Å². The zero-order valence-corrected chi connectivity index (χ0v) is 8.23. The van der Waals surface area contributed by atoms with Crippen LogP contribution in [0.3, 0.4) is 0 Å². The van der Waals surface area contributed by atoms with Crippen molar-refractivity contribution in [1.82, 2.24) is 10.2 Å². The van der Waals surface area contributed by atoms with Crippen molar-refractivity contribution in [2.75, 3.05) is 25.5 Å². The number of likely N-dealkylation sites (tertiary alicyclic amines) is 1. The van der Waals surface area contributed by atoms with Crippen LogP contribution in [-0.4, -0.2) is 42.3 Å². The summed E-state index contributed by atoms with van der Waals surface area (Å²) in [4.78, 5) is 13.2. The van der Waals surface area contributed by atoms with E-state index in [9.17, 15) is 4.79 Å². The van der Waals surface area contributed by atoms with Gasteiger partial charge in [-0.3, -0.25) is 4.79 Å². The number of rotatable bonds is 3. The molecule has 1 fully saturated rings. The summed E-state index contributed by atoms with van der Waals surface area (Å²) >= 11 is 3.22. The molecule has 1 N–H and O–H groups in total. The molecule has 0 bridgehead atoms. The van der Waals surface area contributed by atoms with Crippen molar-refractivity contribution in [2.45, 2.75) is 12.5 Å². The summed E-state index contributed by atoms with van der Waals surface area (Å²) in [6.45, 7) is 1.99. The molecule has 11 heavy (non-hydrogen) atoms. The molecular weight excluding hydrogens is 208 g/mol. The molecule has 0 atom stereocenters. The fourth-order valence-corrected chi connectivity index (χ4v) is 1.54. The summed E-state index contributed by atoms with van der Waals surface area (Å²) in [6.07, 6.45) is 0.584. The molecular formula is C7H13BrN2O. The first-order chi connectivity index (χ1) is 5.22. The molecule has 1 rings (SSSR count). The van der Waals surface area contributed by atoms with Crippen LogP contribution in [0.25, 0.3) is 0 Å². The first kappa shape index (κ1) is 9.00. The molecule has 4 heteroatoms. The highest BCUT2D eigenvalue weighted by atomic mass is 79.9. The molecule has 0 radical (unpaired) electrons. The van der Waals surface area contributed by atoms with E-state index in [0.717, 1.165) is 18.4 Å². The Bertz CT molecular complexity index is 145. The Morgan fingerprint density at radius 3 is 2.82 bits per heavy atom. The lowest BCUT2D eigenvalue weighted by Gasteiger charge is -2.36. The monoisotopic (exact) mass is 220 g/mol. The van der Waals surface area contributed by atoms with Crippen LogP contribution in [0, 0.1) is 0 Å². The zero-order valence-electron chi connectivity index (χ0n) is 6.64. The molecule has 0 spiro atoms. The second-order valence-corrected chi connectivity index (χ2v) is 3.72. The van der Waals surface area contributed by atoms with Crippen molar-refractivity contribution in [3.05, 3.63) is 0 Å². The van der Waals surface area contributed by atoms with Gasteiger partial charge in [0.1, 0.15) is 0 Å². The van der Waals surface area contributed by atoms with Gasteiger partial charge >= 0.3 is 0 Å². The van der Waals surface area contributed by atoms with Gasteiger partial charge in [0.25, 0.3) is 0 Å². The van der Waals surface area contributed by atoms with Gasteiger partial charge in [-0.05, 0) is 7.05 Å². The lowest BCUT2D eigenvalue weighted by molar-refractivity contribution is -0.122. The van der Waals surface area contributed by atoms with Gasteiger partial charge in [0, 0.05) is 24.8 Å². The molecule has 1 amide bonds. The highest BCUT2D eigenvalue weighted by Gasteiger charge is 2.23. The average molecular weight is 221 g/mol. The van der Waals surface area contributed by atoms with E-state index in [0.29, 0.717) is 12.5 Å². The topological polar surface area (TPSA) is 32.3 Å². The Morgan fingerprint density at radius 2 is 2.36 bits per heavy atom. The molecule has 0 unspecified atom stereocenters. The van der Waals surface area contributed by atoms with Crippen molar-refractivity contribution >= 4 is 21.8 Å². The number of carbonyl (C=O) groups excluding carboxylic acids is 1. The summed E-state index contributed by atoms with van der Waals surface area (Å²) in [5.74, 6) is 0.153. The van der Waals surface area contributed by atoms with Crippen LogP contribution in [0.2, 0.25) is 0 Å². The zero-order chi connectivity index (χ0) is 8.27. The van der Waals surface area contributed by atoms with Crippen molar-refractivity contribution in [1.29, 1.82) is 0 Å². The van der Waals surface area contributed by atoms with Crippen LogP contribution < -0.4 is 5.32 Å². The van der Waals surface area contributed by atoms with E-state index in [2.05, 4.69) is 26.1 Å². The van der Waals surface area contributed by atoms with E-state index in [1.54, 1.807) is 0 Å². The Morgan fingerprint density at radius 1 is 1.73 bits per heavy atom.